The first-order chi connectivity index (χ1) is 27.2. The third kappa shape index (κ3) is 6.33. The van der Waals surface area contributed by atoms with E-state index in [2.05, 4.69) is 224 Å². The Bertz CT molecular complexity index is 2490. The maximum absolute atomic E-state index is 3.86. The zero-order chi connectivity index (χ0) is 36.6. The molecule has 0 radical (unpaired) electrons. The van der Waals surface area contributed by atoms with E-state index in [1.54, 1.807) is 0 Å². The first-order valence-corrected chi connectivity index (χ1v) is 18.9. The normalized spacial score (nSPS) is 11.4. The summed E-state index contributed by atoms with van der Waals surface area (Å²) in [4.78, 5) is 0. The molecule has 0 unspecified atom stereocenters. The first kappa shape index (κ1) is 32.4. The second kappa shape index (κ2) is 14.0. The van der Waals surface area contributed by atoms with Crippen LogP contribution >= 0.6 is 0 Å². The molecule has 10 rings (SSSR count). The van der Waals surface area contributed by atoms with Crippen LogP contribution in [0.5, 0.6) is 0 Å². The van der Waals surface area contributed by atoms with Crippen LogP contribution in [0.3, 0.4) is 0 Å². The Kier molecular flexibility index (Phi) is 8.24. The van der Waals surface area contributed by atoms with Crippen molar-refractivity contribution in [3.63, 3.8) is 0 Å². The van der Waals surface area contributed by atoms with E-state index < -0.39 is 0 Å². The van der Waals surface area contributed by atoms with E-state index in [-0.39, 0.29) is 0 Å². The summed E-state index contributed by atoms with van der Waals surface area (Å²) >= 11 is 0. The van der Waals surface area contributed by atoms with Crippen molar-refractivity contribution >= 4 is 11.4 Å². The molecule has 1 aliphatic rings. The molecule has 258 valence electrons. The lowest BCUT2D eigenvalue weighted by Gasteiger charge is -2.15. The summed E-state index contributed by atoms with van der Waals surface area (Å²) in [6.07, 6.45) is 0. The van der Waals surface area contributed by atoms with Gasteiger partial charge in [-0.05, 0) is 139 Å². The SMILES string of the molecule is c1ccc(-c2cc(-c3ccccc3)cc(-c3ccc4c(c3)-c3ccccc3-c3cc(-c5cc(-c6ccccc6)cc(-c6ccccc6)c5)ccc3N4)c2)cc1. The first-order valence-electron chi connectivity index (χ1n) is 18.9. The molecule has 0 spiro atoms. The van der Waals surface area contributed by atoms with Gasteiger partial charge in [0.1, 0.15) is 0 Å². The van der Waals surface area contributed by atoms with Gasteiger partial charge < -0.3 is 5.32 Å². The van der Waals surface area contributed by atoms with E-state index >= 15 is 0 Å². The molecule has 1 heteroatoms. The van der Waals surface area contributed by atoms with Crippen molar-refractivity contribution in [1.82, 2.24) is 0 Å². The van der Waals surface area contributed by atoms with Crippen molar-refractivity contribution in [3.05, 3.63) is 218 Å². The van der Waals surface area contributed by atoms with Crippen LogP contribution in [0.25, 0.3) is 89.0 Å². The summed E-state index contributed by atoms with van der Waals surface area (Å²) in [6.45, 7) is 0. The van der Waals surface area contributed by atoms with E-state index in [1.165, 1.54) is 89.0 Å². The second-order valence-corrected chi connectivity index (χ2v) is 14.3. The Morgan fingerprint density at radius 1 is 0.182 bits per heavy atom. The predicted octanol–water partition coefficient (Wildman–Crippen LogP) is 15.1. The summed E-state index contributed by atoms with van der Waals surface area (Å²) < 4.78 is 0. The smallest absolute Gasteiger partial charge is 0.0464 e. The van der Waals surface area contributed by atoms with Crippen LogP contribution in [-0.4, -0.2) is 0 Å². The number of hydrogen-bond acceptors (Lipinski definition) is 1. The van der Waals surface area contributed by atoms with Crippen LogP contribution < -0.4 is 5.32 Å². The molecule has 1 N–H and O–H groups in total. The lowest BCUT2D eigenvalue weighted by Crippen LogP contribution is -1.93. The third-order valence-electron chi connectivity index (χ3n) is 10.8. The van der Waals surface area contributed by atoms with Gasteiger partial charge in [0.25, 0.3) is 0 Å². The Morgan fingerprint density at radius 3 is 0.764 bits per heavy atom. The van der Waals surface area contributed by atoms with Gasteiger partial charge in [0.2, 0.25) is 0 Å². The fourth-order valence-corrected chi connectivity index (χ4v) is 7.99. The van der Waals surface area contributed by atoms with E-state index in [0.717, 1.165) is 11.4 Å². The average molecular weight is 700 g/mol. The van der Waals surface area contributed by atoms with Crippen LogP contribution in [0.1, 0.15) is 0 Å². The molecule has 9 aromatic carbocycles. The zero-order valence-corrected chi connectivity index (χ0v) is 30.3. The van der Waals surface area contributed by atoms with Crippen molar-refractivity contribution in [3.8, 4) is 89.0 Å². The molecule has 0 atom stereocenters. The van der Waals surface area contributed by atoms with Crippen LogP contribution in [0, 0.1) is 0 Å². The van der Waals surface area contributed by atoms with Crippen molar-refractivity contribution in [2.24, 2.45) is 0 Å². The molecule has 1 nitrogen and oxygen atoms in total. The summed E-state index contributed by atoms with van der Waals surface area (Å²) in [5.74, 6) is 0. The Balaban J connectivity index is 1.09. The van der Waals surface area contributed by atoms with Gasteiger partial charge in [-0.2, -0.15) is 0 Å². The maximum Gasteiger partial charge on any atom is 0.0464 e. The molecule has 0 fully saturated rings. The minimum atomic E-state index is 1.10. The van der Waals surface area contributed by atoms with Gasteiger partial charge in [-0.3, -0.25) is 0 Å². The molecule has 0 aliphatic carbocycles. The summed E-state index contributed by atoms with van der Waals surface area (Å²) in [5.41, 5.74) is 21.4. The molecule has 55 heavy (non-hydrogen) atoms. The molecular formula is C54H37N. The van der Waals surface area contributed by atoms with Crippen LogP contribution in [0.15, 0.2) is 218 Å². The van der Waals surface area contributed by atoms with E-state index in [4.69, 9.17) is 0 Å². The molecule has 1 aliphatic heterocycles. The van der Waals surface area contributed by atoms with Crippen LogP contribution in [0.2, 0.25) is 0 Å². The number of rotatable bonds is 6. The highest BCUT2D eigenvalue weighted by atomic mass is 14.9. The minimum absolute atomic E-state index is 1.10. The Hall–Kier alpha value is -7.22. The van der Waals surface area contributed by atoms with Gasteiger partial charge in [-0.25, -0.2) is 0 Å². The molecule has 0 saturated heterocycles. The largest absolute Gasteiger partial charge is 0.355 e. The van der Waals surface area contributed by atoms with Crippen LogP contribution in [-0.2, 0) is 0 Å². The number of fused-ring (bicyclic) bond motifs is 5. The van der Waals surface area contributed by atoms with Gasteiger partial charge in [0.15, 0.2) is 0 Å². The number of benzene rings is 9. The van der Waals surface area contributed by atoms with Crippen molar-refractivity contribution < 1.29 is 0 Å². The molecule has 0 aromatic heterocycles. The molecule has 1 heterocycles. The predicted molar refractivity (Wildman–Crippen MR) is 233 cm³/mol. The fraction of sp³-hybridized carbons (Fsp3) is 0. The van der Waals surface area contributed by atoms with Gasteiger partial charge in [-0.1, -0.05) is 158 Å². The highest BCUT2D eigenvalue weighted by Gasteiger charge is 2.21. The highest BCUT2D eigenvalue weighted by Crippen LogP contribution is 2.47. The van der Waals surface area contributed by atoms with Gasteiger partial charge >= 0.3 is 0 Å². The minimum Gasteiger partial charge on any atom is -0.355 e. The number of hydrogen-bond donors (Lipinski definition) is 1. The van der Waals surface area contributed by atoms with Gasteiger partial charge in [-0.15, -0.1) is 0 Å². The quantitative estimate of drug-likeness (QED) is 0.182. The van der Waals surface area contributed by atoms with Crippen LogP contribution in [0.4, 0.5) is 11.4 Å². The van der Waals surface area contributed by atoms with Gasteiger partial charge in [0.05, 0.1) is 0 Å². The van der Waals surface area contributed by atoms with E-state index in [1.807, 2.05) is 0 Å². The summed E-state index contributed by atoms with van der Waals surface area (Å²) in [7, 11) is 0. The monoisotopic (exact) mass is 699 g/mol. The van der Waals surface area contributed by atoms with E-state index in [9.17, 15) is 0 Å². The second-order valence-electron chi connectivity index (χ2n) is 14.3. The third-order valence-corrected chi connectivity index (χ3v) is 10.8. The highest BCUT2D eigenvalue weighted by molar-refractivity contribution is 6.01. The fourth-order valence-electron chi connectivity index (χ4n) is 7.99. The zero-order valence-electron chi connectivity index (χ0n) is 30.3. The summed E-state index contributed by atoms with van der Waals surface area (Å²) in [5, 5.41) is 3.86. The van der Waals surface area contributed by atoms with E-state index in [0.29, 0.717) is 0 Å². The summed E-state index contributed by atoms with van der Waals surface area (Å²) in [6, 6.07) is 79.2. The molecule has 0 bridgehead atoms. The number of nitrogens with one attached hydrogen (secondary N) is 1. The average Bonchev–Trinajstić information content (AvgIpc) is 3.41. The lowest BCUT2D eigenvalue weighted by molar-refractivity contribution is 1.54. The molecular weight excluding hydrogens is 663 g/mol. The Morgan fingerprint density at radius 2 is 0.455 bits per heavy atom. The van der Waals surface area contributed by atoms with Crippen molar-refractivity contribution in [1.29, 1.82) is 0 Å². The standard InChI is InChI=1S/C54H37N/c1-5-15-37(16-6-1)43-29-44(38-17-7-2-8-18-38)32-47(31-43)41-25-27-53-51(35-41)49-23-13-14-24-50(49)52-36-42(26-28-54(52)55-53)48-33-45(39-19-9-3-10-20-39)30-46(34-48)40-21-11-4-12-22-40/h1-36,55H. The molecule has 9 aromatic rings. The topological polar surface area (TPSA) is 12.0 Å². The number of anilines is 2. The lowest BCUT2D eigenvalue weighted by atomic mass is 9.89. The maximum atomic E-state index is 3.86. The molecule has 0 amide bonds. The molecule has 0 saturated carbocycles. The van der Waals surface area contributed by atoms with Crippen molar-refractivity contribution in [2.45, 2.75) is 0 Å². The Labute approximate surface area is 322 Å². The van der Waals surface area contributed by atoms with Crippen molar-refractivity contribution in [2.75, 3.05) is 5.32 Å². The van der Waals surface area contributed by atoms with Gasteiger partial charge in [0, 0.05) is 22.5 Å².